The zero-order valence-electron chi connectivity index (χ0n) is 14.3. The largest absolute Gasteiger partial charge is 0.357 e. The lowest BCUT2D eigenvalue weighted by Gasteiger charge is -2.32. The van der Waals surface area contributed by atoms with Gasteiger partial charge in [-0.25, -0.2) is 19.9 Å². The van der Waals surface area contributed by atoms with Crippen molar-refractivity contribution in [2.75, 3.05) is 18.0 Å². The zero-order chi connectivity index (χ0) is 17.1. The van der Waals surface area contributed by atoms with Crippen LogP contribution in [0.3, 0.4) is 0 Å². The number of hydrogen-bond acceptors (Lipinski definition) is 6. The summed E-state index contributed by atoms with van der Waals surface area (Å²) in [6.07, 6.45) is 14.1. The van der Waals surface area contributed by atoms with Crippen LogP contribution in [0.5, 0.6) is 0 Å². The first-order valence-electron chi connectivity index (χ1n) is 8.59. The van der Waals surface area contributed by atoms with Gasteiger partial charge in [0.1, 0.15) is 17.8 Å². The molecule has 0 aliphatic carbocycles. The van der Waals surface area contributed by atoms with E-state index < -0.39 is 0 Å². The summed E-state index contributed by atoms with van der Waals surface area (Å²) >= 11 is 0. The lowest BCUT2D eigenvalue weighted by atomic mass is 9.92. The molecule has 0 saturated carbocycles. The molecule has 7 heteroatoms. The quantitative estimate of drug-likeness (QED) is 0.727. The van der Waals surface area contributed by atoms with E-state index in [1.54, 1.807) is 18.7 Å². The fraction of sp³-hybridized carbons (Fsp3) is 0.389. The molecule has 1 saturated heterocycles. The summed E-state index contributed by atoms with van der Waals surface area (Å²) in [6, 6.07) is 1.97. The highest BCUT2D eigenvalue weighted by Gasteiger charge is 2.21. The van der Waals surface area contributed by atoms with Gasteiger partial charge in [-0.3, -0.25) is 4.98 Å². The summed E-state index contributed by atoms with van der Waals surface area (Å²) in [6.45, 7) is 2.06. The van der Waals surface area contributed by atoms with E-state index in [0.717, 1.165) is 55.4 Å². The van der Waals surface area contributed by atoms with E-state index in [1.807, 2.05) is 36.3 Å². The molecular weight excluding hydrogens is 314 g/mol. The van der Waals surface area contributed by atoms with Gasteiger partial charge in [0.2, 0.25) is 0 Å². The van der Waals surface area contributed by atoms with Crippen molar-refractivity contribution in [2.24, 2.45) is 13.0 Å². The number of nitrogens with zero attached hydrogens (tertiary/aromatic N) is 7. The number of piperidine rings is 1. The molecule has 4 heterocycles. The number of rotatable bonds is 4. The van der Waals surface area contributed by atoms with E-state index in [-0.39, 0.29) is 0 Å². The van der Waals surface area contributed by atoms with Crippen LogP contribution in [0.15, 0.2) is 43.4 Å². The summed E-state index contributed by atoms with van der Waals surface area (Å²) in [7, 11) is 1.96. The predicted octanol–water partition coefficient (Wildman–Crippen LogP) is 2.13. The molecule has 4 rings (SSSR count). The van der Waals surface area contributed by atoms with Crippen molar-refractivity contribution >= 4 is 5.82 Å². The molecule has 0 spiro atoms. The third-order valence-corrected chi connectivity index (χ3v) is 4.76. The first-order valence-corrected chi connectivity index (χ1v) is 8.59. The highest BCUT2D eigenvalue weighted by atomic mass is 15.2. The Bertz CT molecular complexity index is 805. The minimum absolute atomic E-state index is 0.645. The first kappa shape index (κ1) is 15.7. The number of imidazole rings is 1. The maximum Gasteiger partial charge on any atom is 0.159 e. The Morgan fingerprint density at radius 3 is 2.56 bits per heavy atom. The molecule has 7 nitrogen and oxygen atoms in total. The third-order valence-electron chi connectivity index (χ3n) is 4.76. The number of aryl methyl sites for hydroxylation is 1. The SMILES string of the molecule is Cn1ccnc1-c1cnc(CC2CCN(c3ccncn3)CC2)cn1. The molecule has 0 bridgehead atoms. The second kappa shape index (κ2) is 6.96. The van der Waals surface area contributed by atoms with Gasteiger partial charge in [0, 0.05) is 44.9 Å². The Morgan fingerprint density at radius 2 is 1.92 bits per heavy atom. The first-order chi connectivity index (χ1) is 12.3. The predicted molar refractivity (Wildman–Crippen MR) is 94.9 cm³/mol. The van der Waals surface area contributed by atoms with Crippen LogP contribution in [0.25, 0.3) is 11.5 Å². The smallest absolute Gasteiger partial charge is 0.159 e. The minimum Gasteiger partial charge on any atom is -0.357 e. The van der Waals surface area contributed by atoms with E-state index >= 15 is 0 Å². The standard InChI is InChI=1S/C18H21N7/c1-24-9-6-20-18(24)16-12-21-15(11-22-16)10-14-3-7-25(8-4-14)17-2-5-19-13-23-17/h2,5-6,9,11-14H,3-4,7-8,10H2,1H3. The molecule has 128 valence electrons. The molecule has 1 aliphatic rings. The zero-order valence-corrected chi connectivity index (χ0v) is 14.3. The molecule has 0 aromatic carbocycles. The van der Waals surface area contributed by atoms with Gasteiger partial charge < -0.3 is 9.47 Å². The van der Waals surface area contributed by atoms with E-state index in [9.17, 15) is 0 Å². The van der Waals surface area contributed by atoms with Gasteiger partial charge in [-0.1, -0.05) is 0 Å². The molecule has 0 unspecified atom stereocenters. The molecule has 1 aliphatic heterocycles. The van der Waals surface area contributed by atoms with Crippen molar-refractivity contribution in [2.45, 2.75) is 19.3 Å². The van der Waals surface area contributed by atoms with Gasteiger partial charge >= 0.3 is 0 Å². The third kappa shape index (κ3) is 3.50. The van der Waals surface area contributed by atoms with Gasteiger partial charge in [-0.2, -0.15) is 0 Å². The topological polar surface area (TPSA) is 72.6 Å². The van der Waals surface area contributed by atoms with Gasteiger partial charge in [0.15, 0.2) is 5.82 Å². The summed E-state index contributed by atoms with van der Waals surface area (Å²) in [5, 5.41) is 0. The summed E-state index contributed by atoms with van der Waals surface area (Å²) in [4.78, 5) is 24.1. The number of hydrogen-bond donors (Lipinski definition) is 0. The maximum atomic E-state index is 4.60. The maximum absolute atomic E-state index is 4.60. The highest BCUT2D eigenvalue weighted by molar-refractivity contribution is 5.47. The number of aromatic nitrogens is 6. The average molecular weight is 335 g/mol. The van der Waals surface area contributed by atoms with Crippen LogP contribution in [0.1, 0.15) is 18.5 Å². The Hall–Kier alpha value is -2.83. The van der Waals surface area contributed by atoms with Gasteiger partial charge in [-0.15, -0.1) is 0 Å². The van der Waals surface area contributed by atoms with Crippen molar-refractivity contribution in [3.63, 3.8) is 0 Å². The lowest BCUT2D eigenvalue weighted by Crippen LogP contribution is -2.34. The summed E-state index contributed by atoms with van der Waals surface area (Å²) < 4.78 is 1.95. The second-order valence-corrected chi connectivity index (χ2v) is 6.46. The van der Waals surface area contributed by atoms with Crippen LogP contribution in [0.4, 0.5) is 5.82 Å². The molecular formula is C18H21N7. The van der Waals surface area contributed by atoms with Crippen LogP contribution < -0.4 is 4.90 Å². The summed E-state index contributed by atoms with van der Waals surface area (Å²) in [5.41, 5.74) is 1.87. The van der Waals surface area contributed by atoms with E-state index in [1.165, 1.54) is 0 Å². The second-order valence-electron chi connectivity index (χ2n) is 6.46. The van der Waals surface area contributed by atoms with E-state index in [0.29, 0.717) is 5.92 Å². The Balaban J connectivity index is 1.35. The monoisotopic (exact) mass is 335 g/mol. The fourth-order valence-electron chi connectivity index (χ4n) is 3.32. The Morgan fingerprint density at radius 1 is 1.04 bits per heavy atom. The van der Waals surface area contributed by atoms with E-state index in [2.05, 4.69) is 29.8 Å². The molecule has 3 aromatic rings. The molecule has 25 heavy (non-hydrogen) atoms. The van der Waals surface area contributed by atoms with Gasteiger partial charge in [-0.05, 0) is 31.2 Å². The van der Waals surface area contributed by atoms with Crippen LogP contribution >= 0.6 is 0 Å². The molecule has 0 atom stereocenters. The molecule has 0 amide bonds. The molecule has 0 N–H and O–H groups in total. The van der Waals surface area contributed by atoms with Crippen LogP contribution in [-0.2, 0) is 13.5 Å². The molecule has 0 radical (unpaired) electrons. The van der Waals surface area contributed by atoms with Gasteiger partial charge in [0.05, 0.1) is 11.9 Å². The molecule has 3 aromatic heterocycles. The fourth-order valence-corrected chi connectivity index (χ4v) is 3.32. The van der Waals surface area contributed by atoms with Crippen molar-refractivity contribution < 1.29 is 0 Å². The van der Waals surface area contributed by atoms with Gasteiger partial charge in [0.25, 0.3) is 0 Å². The van der Waals surface area contributed by atoms with Crippen LogP contribution in [0.2, 0.25) is 0 Å². The van der Waals surface area contributed by atoms with Crippen molar-refractivity contribution in [3.05, 3.63) is 49.1 Å². The highest BCUT2D eigenvalue weighted by Crippen LogP contribution is 2.24. The Kier molecular flexibility index (Phi) is 4.37. The van der Waals surface area contributed by atoms with E-state index in [4.69, 9.17) is 0 Å². The minimum atomic E-state index is 0.645. The normalized spacial score (nSPS) is 15.5. The molecule has 1 fully saturated rings. The van der Waals surface area contributed by atoms with Crippen molar-refractivity contribution in [1.29, 1.82) is 0 Å². The average Bonchev–Trinajstić information content (AvgIpc) is 3.10. The van der Waals surface area contributed by atoms with Crippen molar-refractivity contribution in [1.82, 2.24) is 29.5 Å². The van der Waals surface area contributed by atoms with Crippen LogP contribution in [0, 0.1) is 5.92 Å². The number of anilines is 1. The Labute approximate surface area is 146 Å². The van der Waals surface area contributed by atoms with Crippen molar-refractivity contribution in [3.8, 4) is 11.5 Å². The van der Waals surface area contributed by atoms with Crippen LogP contribution in [-0.4, -0.2) is 42.6 Å². The summed E-state index contributed by atoms with van der Waals surface area (Å²) in [5.74, 6) is 2.51. The lowest BCUT2D eigenvalue weighted by molar-refractivity contribution is 0.398.